The molecule has 3 heterocycles. The van der Waals surface area contributed by atoms with Crippen molar-refractivity contribution in [1.29, 1.82) is 0 Å². The maximum atomic E-state index is 10.3. The van der Waals surface area contributed by atoms with Crippen molar-refractivity contribution in [2.45, 2.75) is 45.1 Å². The highest BCUT2D eigenvalue weighted by molar-refractivity contribution is 5.36. The lowest BCUT2D eigenvalue weighted by molar-refractivity contribution is 0.171. The van der Waals surface area contributed by atoms with E-state index in [2.05, 4.69) is 50.7 Å². The highest BCUT2D eigenvalue weighted by Gasteiger charge is 2.36. The van der Waals surface area contributed by atoms with Gasteiger partial charge in [0.05, 0.1) is 25.8 Å². The molecule has 2 aromatic rings. The molecule has 2 aliphatic rings. The lowest BCUT2D eigenvalue weighted by Crippen LogP contribution is -2.33. The molecule has 26 heavy (non-hydrogen) atoms. The molecule has 1 saturated heterocycles. The van der Waals surface area contributed by atoms with Crippen molar-refractivity contribution < 1.29 is 9.84 Å². The minimum atomic E-state index is -0.321. The molecule has 0 spiro atoms. The van der Waals surface area contributed by atoms with Crippen LogP contribution < -0.4 is 4.74 Å². The topological polar surface area (TPSA) is 66.7 Å². The minimum absolute atomic E-state index is 0.108. The SMILES string of the molecule is COc1ccc(CN2C[C@@H](O)C[C@H]2c2nnc3n2CCN(C)C3)cc1C. The molecule has 0 amide bonds. The number of ether oxygens (including phenoxy) is 1. The van der Waals surface area contributed by atoms with E-state index in [-0.39, 0.29) is 12.1 Å². The Labute approximate surface area is 154 Å². The zero-order valence-corrected chi connectivity index (χ0v) is 15.7. The second-order valence-corrected chi connectivity index (χ2v) is 7.50. The summed E-state index contributed by atoms with van der Waals surface area (Å²) in [4.78, 5) is 4.58. The van der Waals surface area contributed by atoms with E-state index >= 15 is 0 Å². The molecule has 0 saturated carbocycles. The predicted octanol–water partition coefficient (Wildman–Crippen LogP) is 1.35. The van der Waals surface area contributed by atoms with E-state index in [4.69, 9.17) is 4.74 Å². The second kappa shape index (κ2) is 6.98. The van der Waals surface area contributed by atoms with Crippen LogP contribution in [0.15, 0.2) is 18.2 Å². The van der Waals surface area contributed by atoms with Crippen LogP contribution in [0.3, 0.4) is 0 Å². The maximum Gasteiger partial charge on any atom is 0.150 e. The molecule has 4 rings (SSSR count). The van der Waals surface area contributed by atoms with Gasteiger partial charge in [-0.05, 0) is 37.6 Å². The lowest BCUT2D eigenvalue weighted by Gasteiger charge is -2.28. The first-order valence-corrected chi connectivity index (χ1v) is 9.21. The number of rotatable bonds is 4. The zero-order chi connectivity index (χ0) is 18.3. The van der Waals surface area contributed by atoms with Gasteiger partial charge in [-0.25, -0.2) is 0 Å². The van der Waals surface area contributed by atoms with Gasteiger partial charge in [0.2, 0.25) is 0 Å². The number of hydrogen-bond acceptors (Lipinski definition) is 6. The summed E-state index contributed by atoms with van der Waals surface area (Å²) in [7, 11) is 3.80. The van der Waals surface area contributed by atoms with Crippen molar-refractivity contribution in [3.05, 3.63) is 41.0 Å². The fraction of sp³-hybridized carbons (Fsp3) is 0.579. The summed E-state index contributed by atoms with van der Waals surface area (Å²) in [6.07, 6.45) is 0.391. The van der Waals surface area contributed by atoms with Crippen LogP contribution >= 0.6 is 0 Å². The van der Waals surface area contributed by atoms with E-state index < -0.39 is 0 Å². The fourth-order valence-corrected chi connectivity index (χ4v) is 4.14. The first kappa shape index (κ1) is 17.5. The average molecular weight is 357 g/mol. The van der Waals surface area contributed by atoms with Crippen molar-refractivity contribution >= 4 is 0 Å². The number of nitrogens with zero attached hydrogens (tertiary/aromatic N) is 5. The van der Waals surface area contributed by atoms with Crippen molar-refractivity contribution in [2.24, 2.45) is 0 Å². The Morgan fingerprint density at radius 3 is 2.88 bits per heavy atom. The smallest absolute Gasteiger partial charge is 0.150 e. The van der Waals surface area contributed by atoms with Gasteiger partial charge in [0, 0.05) is 26.2 Å². The molecule has 1 N–H and O–H groups in total. The molecule has 1 fully saturated rings. The molecule has 0 bridgehead atoms. The van der Waals surface area contributed by atoms with Gasteiger partial charge in [0.1, 0.15) is 11.6 Å². The molecule has 140 valence electrons. The molecule has 1 aromatic carbocycles. The Morgan fingerprint density at radius 2 is 2.12 bits per heavy atom. The number of aliphatic hydroxyl groups is 1. The first-order valence-electron chi connectivity index (χ1n) is 9.21. The number of likely N-dealkylation sites (tertiary alicyclic amines) is 1. The minimum Gasteiger partial charge on any atom is -0.496 e. The number of aliphatic hydroxyl groups excluding tert-OH is 1. The molecule has 1 aromatic heterocycles. The summed E-state index contributed by atoms with van der Waals surface area (Å²) in [5.41, 5.74) is 2.35. The fourth-order valence-electron chi connectivity index (χ4n) is 4.14. The van der Waals surface area contributed by atoms with E-state index in [0.717, 1.165) is 49.1 Å². The van der Waals surface area contributed by atoms with Crippen LogP contribution in [0.25, 0.3) is 0 Å². The average Bonchev–Trinajstić information content (AvgIpc) is 3.17. The Kier molecular flexibility index (Phi) is 4.69. The summed E-state index contributed by atoms with van der Waals surface area (Å²) in [5.74, 6) is 2.92. The Bertz CT molecular complexity index is 790. The quantitative estimate of drug-likeness (QED) is 0.891. The third kappa shape index (κ3) is 3.22. The van der Waals surface area contributed by atoms with E-state index in [1.807, 2.05) is 6.07 Å². The van der Waals surface area contributed by atoms with E-state index in [1.54, 1.807) is 7.11 Å². The molecule has 2 atom stereocenters. The molecule has 0 radical (unpaired) electrons. The van der Waals surface area contributed by atoms with Crippen LogP contribution in [0.2, 0.25) is 0 Å². The van der Waals surface area contributed by atoms with E-state index in [9.17, 15) is 5.11 Å². The van der Waals surface area contributed by atoms with Crippen LogP contribution in [-0.4, -0.2) is 63.0 Å². The Hall–Kier alpha value is -1.96. The molecule has 0 aliphatic carbocycles. The van der Waals surface area contributed by atoms with Crippen LogP contribution in [0.1, 0.15) is 35.2 Å². The van der Waals surface area contributed by atoms with Gasteiger partial charge in [-0.1, -0.05) is 12.1 Å². The number of benzene rings is 1. The van der Waals surface area contributed by atoms with Crippen molar-refractivity contribution in [3.63, 3.8) is 0 Å². The number of aryl methyl sites for hydroxylation is 1. The zero-order valence-electron chi connectivity index (χ0n) is 15.7. The number of aromatic nitrogens is 3. The molecule has 0 unspecified atom stereocenters. The van der Waals surface area contributed by atoms with Crippen molar-refractivity contribution in [3.8, 4) is 5.75 Å². The van der Waals surface area contributed by atoms with Gasteiger partial charge < -0.3 is 14.4 Å². The first-order chi connectivity index (χ1) is 12.5. The number of fused-ring (bicyclic) bond motifs is 1. The third-order valence-electron chi connectivity index (χ3n) is 5.50. The summed E-state index contributed by atoms with van der Waals surface area (Å²) < 4.78 is 7.60. The van der Waals surface area contributed by atoms with Crippen molar-refractivity contribution in [1.82, 2.24) is 24.6 Å². The van der Waals surface area contributed by atoms with Crippen LogP contribution in [0, 0.1) is 6.92 Å². The summed E-state index contributed by atoms with van der Waals surface area (Å²) in [6, 6.07) is 6.38. The number of hydrogen-bond donors (Lipinski definition) is 1. The van der Waals surface area contributed by atoms with Gasteiger partial charge in [-0.3, -0.25) is 9.80 Å². The van der Waals surface area contributed by atoms with Crippen LogP contribution in [0.4, 0.5) is 0 Å². The normalized spacial score (nSPS) is 24.0. The van der Waals surface area contributed by atoms with Crippen LogP contribution in [-0.2, 0) is 19.6 Å². The number of methoxy groups -OCH3 is 1. The van der Waals surface area contributed by atoms with E-state index in [0.29, 0.717) is 13.0 Å². The van der Waals surface area contributed by atoms with Gasteiger partial charge in [0.25, 0.3) is 0 Å². The number of β-amino-alcohol motifs (C(OH)–C–C–N with tert-alkyl or cyclic N) is 1. The molecular weight excluding hydrogens is 330 g/mol. The molecule has 7 nitrogen and oxygen atoms in total. The predicted molar refractivity (Wildman–Crippen MR) is 97.9 cm³/mol. The largest absolute Gasteiger partial charge is 0.496 e. The third-order valence-corrected chi connectivity index (χ3v) is 5.50. The standard InChI is InChI=1S/C19H27N5O2/c1-13-8-14(4-5-17(13)26-3)10-23-11-15(25)9-16(23)19-21-20-18-12-22(2)6-7-24(18)19/h4-5,8,15-16,25H,6-7,9-12H2,1-3H3/t15-,16-/m0/s1. The Morgan fingerprint density at radius 1 is 1.27 bits per heavy atom. The monoisotopic (exact) mass is 357 g/mol. The summed E-state index contributed by atoms with van der Waals surface area (Å²) in [6.45, 7) is 6.26. The summed E-state index contributed by atoms with van der Waals surface area (Å²) >= 11 is 0. The van der Waals surface area contributed by atoms with Gasteiger partial charge >= 0.3 is 0 Å². The Balaban J connectivity index is 1.57. The van der Waals surface area contributed by atoms with Gasteiger partial charge in [0.15, 0.2) is 5.82 Å². The van der Waals surface area contributed by atoms with Gasteiger partial charge in [-0.15, -0.1) is 10.2 Å². The number of likely N-dealkylation sites (N-methyl/N-ethyl adjacent to an activating group) is 1. The summed E-state index contributed by atoms with van der Waals surface area (Å²) in [5, 5.41) is 19.2. The van der Waals surface area contributed by atoms with Crippen molar-refractivity contribution in [2.75, 3.05) is 27.2 Å². The molecule has 2 aliphatic heterocycles. The van der Waals surface area contributed by atoms with E-state index in [1.165, 1.54) is 5.56 Å². The second-order valence-electron chi connectivity index (χ2n) is 7.50. The lowest BCUT2D eigenvalue weighted by atomic mass is 10.1. The highest BCUT2D eigenvalue weighted by Crippen LogP contribution is 2.34. The molecule has 7 heteroatoms. The molecular formula is C19H27N5O2. The highest BCUT2D eigenvalue weighted by atomic mass is 16.5. The van der Waals surface area contributed by atoms with Crippen LogP contribution in [0.5, 0.6) is 5.75 Å². The maximum absolute atomic E-state index is 10.3. The van der Waals surface area contributed by atoms with Gasteiger partial charge in [-0.2, -0.15) is 0 Å².